The van der Waals surface area contributed by atoms with Gasteiger partial charge < -0.3 is 15.0 Å². The molecule has 2 aromatic heterocycles. The number of aromatic carboxylic acids is 1. The number of halogens is 3. The summed E-state index contributed by atoms with van der Waals surface area (Å²) in [5.74, 6) is -2.32. The van der Waals surface area contributed by atoms with Crippen LogP contribution in [0.3, 0.4) is 0 Å². The first-order valence-corrected chi connectivity index (χ1v) is 6.03. The molecule has 0 saturated heterocycles. The van der Waals surface area contributed by atoms with Crippen LogP contribution in [0.1, 0.15) is 16.3 Å². The zero-order chi connectivity index (χ0) is 14.8. The van der Waals surface area contributed by atoms with Crippen LogP contribution >= 0.6 is 11.5 Å². The standard InChI is InChI=1S/C9H8F3N5O2S/c10-9(11,12)7-15-8(20-16-7)13-1-2-17-3-5(6(18)19)14-4-17/h3-4H,1-2H2,(H,18,19)(H,13,15,16). The van der Waals surface area contributed by atoms with Crippen LogP contribution in [-0.4, -0.2) is 36.5 Å². The second kappa shape index (κ2) is 5.45. The largest absolute Gasteiger partial charge is 0.476 e. The number of nitrogens with one attached hydrogen (secondary N) is 1. The van der Waals surface area contributed by atoms with E-state index in [1.165, 1.54) is 17.1 Å². The SMILES string of the molecule is O=C(O)c1cn(CCNc2nc(C(F)(F)F)ns2)cn1. The zero-order valence-corrected chi connectivity index (χ0v) is 10.6. The molecule has 2 N–H and O–H groups in total. The zero-order valence-electron chi connectivity index (χ0n) is 9.76. The Bertz CT molecular complexity index is 609. The fourth-order valence-corrected chi connectivity index (χ4v) is 1.91. The molecule has 20 heavy (non-hydrogen) atoms. The van der Waals surface area contributed by atoms with Crippen LogP contribution in [0, 0.1) is 0 Å². The molecule has 0 radical (unpaired) electrons. The van der Waals surface area contributed by atoms with Gasteiger partial charge in [0, 0.05) is 30.8 Å². The van der Waals surface area contributed by atoms with Crippen molar-refractivity contribution in [1.29, 1.82) is 0 Å². The van der Waals surface area contributed by atoms with E-state index < -0.39 is 18.0 Å². The topological polar surface area (TPSA) is 92.9 Å². The Kier molecular flexibility index (Phi) is 3.88. The number of aromatic nitrogens is 4. The third kappa shape index (κ3) is 3.44. The number of anilines is 1. The van der Waals surface area contributed by atoms with Crippen LogP contribution < -0.4 is 5.32 Å². The molecule has 2 heterocycles. The molecule has 0 aliphatic carbocycles. The molecular formula is C9H8F3N5O2S. The Labute approximate surface area is 114 Å². The van der Waals surface area contributed by atoms with Gasteiger partial charge in [-0.3, -0.25) is 0 Å². The summed E-state index contributed by atoms with van der Waals surface area (Å²) in [6.07, 6.45) is -1.91. The highest BCUT2D eigenvalue weighted by Gasteiger charge is 2.36. The van der Waals surface area contributed by atoms with Crippen molar-refractivity contribution < 1.29 is 23.1 Å². The van der Waals surface area contributed by atoms with E-state index in [-0.39, 0.29) is 17.4 Å². The maximum atomic E-state index is 12.3. The number of imidazole rings is 1. The Morgan fingerprint density at radius 2 is 2.25 bits per heavy atom. The monoisotopic (exact) mass is 307 g/mol. The summed E-state index contributed by atoms with van der Waals surface area (Å²) < 4.78 is 41.4. The van der Waals surface area contributed by atoms with E-state index in [0.29, 0.717) is 18.1 Å². The van der Waals surface area contributed by atoms with Gasteiger partial charge in [-0.15, -0.1) is 0 Å². The summed E-state index contributed by atoms with van der Waals surface area (Å²) in [4.78, 5) is 17.5. The third-order valence-electron chi connectivity index (χ3n) is 2.18. The minimum absolute atomic E-state index is 0.0518. The molecule has 2 aromatic rings. The first-order valence-electron chi connectivity index (χ1n) is 5.26. The van der Waals surface area contributed by atoms with Crippen LogP contribution in [0.15, 0.2) is 12.5 Å². The minimum atomic E-state index is -4.56. The molecule has 0 aromatic carbocycles. The molecular weight excluding hydrogens is 299 g/mol. The number of rotatable bonds is 5. The van der Waals surface area contributed by atoms with Crippen LogP contribution in [0.5, 0.6) is 0 Å². The van der Waals surface area contributed by atoms with E-state index >= 15 is 0 Å². The summed E-state index contributed by atoms with van der Waals surface area (Å²) in [5.41, 5.74) is -0.0970. The van der Waals surface area contributed by atoms with Crippen LogP contribution in [0.2, 0.25) is 0 Å². The molecule has 0 unspecified atom stereocenters. The number of carbonyl (C=O) groups is 1. The molecule has 0 bridgehead atoms. The van der Waals surface area contributed by atoms with Crippen LogP contribution in [0.4, 0.5) is 18.3 Å². The Hall–Kier alpha value is -2.17. The van der Waals surface area contributed by atoms with Crippen molar-refractivity contribution in [2.75, 3.05) is 11.9 Å². The van der Waals surface area contributed by atoms with Gasteiger partial charge in [0.25, 0.3) is 0 Å². The van der Waals surface area contributed by atoms with Crippen molar-refractivity contribution in [1.82, 2.24) is 18.9 Å². The first kappa shape index (κ1) is 14.2. The molecule has 0 saturated carbocycles. The lowest BCUT2D eigenvalue weighted by Gasteiger charge is -2.02. The number of hydrogen-bond acceptors (Lipinski definition) is 6. The highest BCUT2D eigenvalue weighted by molar-refractivity contribution is 7.09. The summed E-state index contributed by atoms with van der Waals surface area (Å²) in [7, 11) is 0. The maximum absolute atomic E-state index is 12.3. The van der Waals surface area contributed by atoms with Gasteiger partial charge in [0.1, 0.15) is 0 Å². The quantitative estimate of drug-likeness (QED) is 0.871. The van der Waals surface area contributed by atoms with E-state index in [0.717, 1.165) is 0 Å². The molecule has 11 heteroatoms. The fraction of sp³-hybridized carbons (Fsp3) is 0.333. The molecule has 0 fully saturated rings. The number of hydrogen-bond donors (Lipinski definition) is 2. The normalized spacial score (nSPS) is 11.6. The lowest BCUT2D eigenvalue weighted by Crippen LogP contribution is -2.10. The molecule has 0 atom stereocenters. The molecule has 7 nitrogen and oxygen atoms in total. The fourth-order valence-electron chi connectivity index (χ4n) is 1.30. The summed E-state index contributed by atoms with van der Waals surface area (Å²) >= 11 is 0.610. The van der Waals surface area contributed by atoms with Crippen molar-refractivity contribution in [2.45, 2.75) is 12.7 Å². The van der Waals surface area contributed by atoms with Crippen molar-refractivity contribution in [3.63, 3.8) is 0 Å². The van der Waals surface area contributed by atoms with Crippen LogP contribution in [0.25, 0.3) is 0 Å². The second-order valence-corrected chi connectivity index (χ2v) is 4.40. The Morgan fingerprint density at radius 3 is 2.80 bits per heavy atom. The van der Waals surface area contributed by atoms with Crippen LogP contribution in [-0.2, 0) is 12.7 Å². The van der Waals surface area contributed by atoms with Crippen molar-refractivity contribution in [3.05, 3.63) is 24.0 Å². The molecule has 0 aliphatic heterocycles. The van der Waals surface area contributed by atoms with Gasteiger partial charge in [-0.05, 0) is 0 Å². The highest BCUT2D eigenvalue weighted by atomic mass is 32.1. The number of carboxylic acid groups (broad SMARTS) is 1. The summed E-state index contributed by atoms with van der Waals surface area (Å²) in [5, 5.41) is 11.4. The van der Waals surface area contributed by atoms with Gasteiger partial charge in [0.05, 0.1) is 6.33 Å². The third-order valence-corrected chi connectivity index (χ3v) is 2.85. The molecule has 0 aliphatic rings. The van der Waals surface area contributed by atoms with Gasteiger partial charge in [-0.25, -0.2) is 9.78 Å². The lowest BCUT2D eigenvalue weighted by atomic mass is 10.5. The lowest BCUT2D eigenvalue weighted by molar-refractivity contribution is -0.144. The number of carboxylic acids is 1. The van der Waals surface area contributed by atoms with E-state index in [1.54, 1.807) is 0 Å². The molecule has 0 amide bonds. The van der Waals surface area contributed by atoms with E-state index in [1.807, 2.05) is 0 Å². The van der Waals surface area contributed by atoms with Gasteiger partial charge >= 0.3 is 12.1 Å². The Balaban J connectivity index is 1.86. The van der Waals surface area contributed by atoms with Gasteiger partial charge in [-0.2, -0.15) is 22.5 Å². The molecule has 2 rings (SSSR count). The number of alkyl halides is 3. The average Bonchev–Trinajstić information content (AvgIpc) is 2.96. The molecule has 108 valence electrons. The predicted molar refractivity (Wildman–Crippen MR) is 62.6 cm³/mol. The maximum Gasteiger partial charge on any atom is 0.452 e. The predicted octanol–water partition coefficient (Wildman–Crippen LogP) is 1.56. The average molecular weight is 307 g/mol. The summed E-state index contributed by atoms with van der Waals surface area (Å²) in [6.45, 7) is 0.600. The number of nitrogens with zero attached hydrogens (tertiary/aromatic N) is 4. The summed E-state index contributed by atoms with van der Waals surface area (Å²) in [6, 6.07) is 0. The second-order valence-electron chi connectivity index (χ2n) is 3.65. The highest BCUT2D eigenvalue weighted by Crippen LogP contribution is 2.28. The van der Waals surface area contributed by atoms with E-state index in [4.69, 9.17) is 5.11 Å². The Morgan fingerprint density at radius 1 is 1.50 bits per heavy atom. The smallest absolute Gasteiger partial charge is 0.452 e. The van der Waals surface area contributed by atoms with Crippen molar-refractivity contribution >= 4 is 22.6 Å². The van der Waals surface area contributed by atoms with Gasteiger partial charge in [0.15, 0.2) is 5.69 Å². The van der Waals surface area contributed by atoms with E-state index in [2.05, 4.69) is 19.7 Å². The molecule has 0 spiro atoms. The van der Waals surface area contributed by atoms with E-state index in [9.17, 15) is 18.0 Å². The van der Waals surface area contributed by atoms with Gasteiger partial charge in [0.2, 0.25) is 11.0 Å². The van der Waals surface area contributed by atoms with Crippen molar-refractivity contribution in [2.24, 2.45) is 0 Å². The van der Waals surface area contributed by atoms with Gasteiger partial charge in [-0.1, -0.05) is 0 Å². The van der Waals surface area contributed by atoms with Crippen molar-refractivity contribution in [3.8, 4) is 0 Å². The minimum Gasteiger partial charge on any atom is -0.476 e. The first-order chi connectivity index (χ1) is 9.36.